The maximum absolute atomic E-state index is 13.0. The number of fused-ring (bicyclic) bond motifs is 1. The summed E-state index contributed by atoms with van der Waals surface area (Å²) in [6, 6.07) is 11.5. The quantitative estimate of drug-likeness (QED) is 0.297. The monoisotopic (exact) mass is 580 g/mol. The van der Waals surface area contributed by atoms with Crippen LogP contribution in [0.1, 0.15) is 35.7 Å². The molecule has 184 valence electrons. The van der Waals surface area contributed by atoms with E-state index >= 15 is 0 Å². The van der Waals surface area contributed by atoms with Gasteiger partial charge in [-0.2, -0.15) is 0 Å². The van der Waals surface area contributed by atoms with E-state index in [2.05, 4.69) is 21.2 Å². The summed E-state index contributed by atoms with van der Waals surface area (Å²) in [6.07, 6.45) is 1.38. The minimum Gasteiger partial charge on any atom is -0.452 e. The molecule has 2 aromatic rings. The molecular formula is C25H23BrCl2N2O5. The van der Waals surface area contributed by atoms with E-state index in [4.69, 9.17) is 27.9 Å². The molecule has 1 saturated heterocycles. The standard InChI is InChI=1S/C25H23BrCl2N2O5/c1-2-13-8-15(26)6-7-21(13)29-22(31)12-35-25(34)14-4-3-5-16(9-14)30-23(32)17-10-19(27)20(28)11-18(17)24(30)33/h3-9,17-20H,2,10-12H2,1H3,(H,29,31)/t17-,18+,19-,20-/m0/s1. The van der Waals surface area contributed by atoms with Crippen LogP contribution < -0.4 is 10.2 Å². The number of carbonyl (C=O) groups is 4. The van der Waals surface area contributed by atoms with Crippen LogP contribution in [0.4, 0.5) is 11.4 Å². The zero-order valence-electron chi connectivity index (χ0n) is 18.8. The number of imide groups is 1. The Hall–Kier alpha value is -2.42. The van der Waals surface area contributed by atoms with Crippen LogP contribution in [0.3, 0.4) is 0 Å². The molecule has 2 aromatic carbocycles. The maximum atomic E-state index is 13.0. The molecule has 0 radical (unpaired) electrons. The van der Waals surface area contributed by atoms with Crippen LogP contribution in [0.15, 0.2) is 46.9 Å². The van der Waals surface area contributed by atoms with Gasteiger partial charge in [0.25, 0.3) is 5.91 Å². The van der Waals surface area contributed by atoms with Crippen molar-refractivity contribution in [3.63, 3.8) is 0 Å². The van der Waals surface area contributed by atoms with Crippen LogP contribution in [-0.2, 0) is 25.5 Å². The van der Waals surface area contributed by atoms with Crippen LogP contribution in [0.25, 0.3) is 0 Å². The predicted octanol–water partition coefficient (Wildman–Crippen LogP) is 4.92. The van der Waals surface area contributed by atoms with Gasteiger partial charge in [-0.05, 0) is 61.2 Å². The van der Waals surface area contributed by atoms with E-state index in [1.807, 2.05) is 19.1 Å². The van der Waals surface area contributed by atoms with Crippen molar-refractivity contribution in [1.82, 2.24) is 0 Å². The number of esters is 1. The summed E-state index contributed by atoms with van der Waals surface area (Å²) in [5, 5.41) is 1.98. The summed E-state index contributed by atoms with van der Waals surface area (Å²) in [5.41, 5.74) is 1.97. The van der Waals surface area contributed by atoms with Gasteiger partial charge >= 0.3 is 5.97 Å². The number of hydrogen-bond donors (Lipinski definition) is 1. The zero-order valence-corrected chi connectivity index (χ0v) is 21.9. The third-order valence-electron chi connectivity index (χ3n) is 6.31. The number of hydrogen-bond acceptors (Lipinski definition) is 5. The lowest BCUT2D eigenvalue weighted by molar-refractivity contribution is -0.122. The van der Waals surface area contributed by atoms with E-state index in [0.717, 1.165) is 14.9 Å². The Morgan fingerprint density at radius 2 is 1.71 bits per heavy atom. The molecule has 2 aliphatic rings. The Kier molecular flexibility index (Phi) is 7.83. The van der Waals surface area contributed by atoms with Crippen molar-refractivity contribution in [3.05, 3.63) is 58.1 Å². The summed E-state index contributed by atoms with van der Waals surface area (Å²) in [7, 11) is 0. The van der Waals surface area contributed by atoms with Crippen molar-refractivity contribution >= 4 is 74.2 Å². The van der Waals surface area contributed by atoms with Crippen molar-refractivity contribution in [1.29, 1.82) is 0 Å². The minimum atomic E-state index is -0.744. The Morgan fingerprint density at radius 1 is 1.06 bits per heavy atom. The summed E-state index contributed by atoms with van der Waals surface area (Å²) >= 11 is 15.9. The molecule has 0 aromatic heterocycles. The number of nitrogens with one attached hydrogen (secondary N) is 1. The molecule has 35 heavy (non-hydrogen) atoms. The highest BCUT2D eigenvalue weighted by Crippen LogP contribution is 2.43. The molecule has 0 bridgehead atoms. The molecule has 4 rings (SSSR count). The van der Waals surface area contributed by atoms with Gasteiger partial charge in [0.15, 0.2) is 6.61 Å². The van der Waals surface area contributed by atoms with E-state index in [1.54, 1.807) is 18.2 Å². The number of anilines is 2. The van der Waals surface area contributed by atoms with Crippen LogP contribution >= 0.6 is 39.1 Å². The Morgan fingerprint density at radius 3 is 2.34 bits per heavy atom. The smallest absolute Gasteiger partial charge is 0.338 e. The summed E-state index contributed by atoms with van der Waals surface area (Å²) in [4.78, 5) is 52.0. The van der Waals surface area contributed by atoms with E-state index in [1.165, 1.54) is 12.1 Å². The maximum Gasteiger partial charge on any atom is 0.338 e. The molecule has 1 aliphatic carbocycles. The topological polar surface area (TPSA) is 92.8 Å². The first-order valence-corrected chi connectivity index (χ1v) is 12.9. The second-order valence-corrected chi connectivity index (χ2v) is 10.6. The molecule has 7 nitrogen and oxygen atoms in total. The number of nitrogens with zero attached hydrogens (tertiary/aromatic N) is 1. The Labute approximate surface area is 221 Å². The molecule has 3 amide bonds. The Balaban J connectivity index is 1.42. The number of ether oxygens (including phenoxy) is 1. The molecule has 0 spiro atoms. The van der Waals surface area contributed by atoms with Crippen molar-refractivity contribution in [2.24, 2.45) is 11.8 Å². The van der Waals surface area contributed by atoms with Gasteiger partial charge in [0.2, 0.25) is 11.8 Å². The van der Waals surface area contributed by atoms with Gasteiger partial charge in [-0.1, -0.05) is 28.9 Å². The summed E-state index contributed by atoms with van der Waals surface area (Å²) in [6.45, 7) is 1.49. The fraction of sp³-hybridized carbons (Fsp3) is 0.360. The summed E-state index contributed by atoms with van der Waals surface area (Å²) < 4.78 is 6.07. The first-order chi connectivity index (χ1) is 16.7. The van der Waals surface area contributed by atoms with E-state index in [0.29, 0.717) is 24.9 Å². The van der Waals surface area contributed by atoms with Gasteiger partial charge in [-0.15, -0.1) is 23.2 Å². The molecule has 0 unspecified atom stereocenters. The van der Waals surface area contributed by atoms with Gasteiger partial charge in [-0.3, -0.25) is 19.3 Å². The number of rotatable bonds is 6. The number of carbonyl (C=O) groups excluding carboxylic acids is 4. The average Bonchev–Trinajstić information content (AvgIpc) is 3.08. The number of alkyl halides is 2. The molecule has 10 heteroatoms. The first-order valence-electron chi connectivity index (χ1n) is 11.2. The molecule has 1 saturated carbocycles. The van der Waals surface area contributed by atoms with E-state index in [-0.39, 0.29) is 33.8 Å². The highest BCUT2D eigenvalue weighted by molar-refractivity contribution is 9.10. The molecule has 1 aliphatic heterocycles. The molecule has 1 heterocycles. The van der Waals surface area contributed by atoms with Crippen LogP contribution in [0, 0.1) is 11.8 Å². The van der Waals surface area contributed by atoms with Crippen molar-refractivity contribution in [2.75, 3.05) is 16.8 Å². The molecular weight excluding hydrogens is 559 g/mol. The highest BCUT2D eigenvalue weighted by atomic mass is 79.9. The lowest BCUT2D eigenvalue weighted by atomic mass is 9.80. The largest absolute Gasteiger partial charge is 0.452 e. The van der Waals surface area contributed by atoms with Crippen LogP contribution in [-0.4, -0.2) is 41.1 Å². The van der Waals surface area contributed by atoms with Gasteiger partial charge in [0.05, 0.1) is 33.8 Å². The molecule has 1 N–H and O–H groups in total. The average molecular weight is 582 g/mol. The van der Waals surface area contributed by atoms with Crippen LogP contribution in [0.5, 0.6) is 0 Å². The van der Waals surface area contributed by atoms with Crippen LogP contribution in [0.2, 0.25) is 0 Å². The SMILES string of the molecule is CCc1cc(Br)ccc1NC(=O)COC(=O)c1cccc(N2C(=O)[C@H]3C[C@H](Cl)[C@@H](Cl)C[C@H]3C2=O)c1. The Bertz CT molecular complexity index is 1160. The number of halogens is 3. The fourth-order valence-corrected chi connectivity index (χ4v) is 5.50. The number of amides is 3. The van der Waals surface area contributed by atoms with Crippen molar-refractivity contribution < 1.29 is 23.9 Å². The second kappa shape index (κ2) is 10.7. The highest BCUT2D eigenvalue weighted by Gasteiger charge is 2.52. The molecule has 4 atom stereocenters. The molecule has 2 fully saturated rings. The van der Waals surface area contributed by atoms with Gasteiger partial charge in [0, 0.05) is 10.2 Å². The van der Waals surface area contributed by atoms with Gasteiger partial charge in [-0.25, -0.2) is 4.79 Å². The van der Waals surface area contributed by atoms with Crippen molar-refractivity contribution in [2.45, 2.75) is 36.9 Å². The van der Waals surface area contributed by atoms with Gasteiger partial charge in [0.1, 0.15) is 0 Å². The third-order valence-corrected chi connectivity index (χ3v) is 7.90. The summed E-state index contributed by atoms with van der Waals surface area (Å²) in [5.74, 6) is -2.96. The normalized spacial score (nSPS) is 23.7. The lowest BCUT2D eigenvalue weighted by Gasteiger charge is -2.28. The van der Waals surface area contributed by atoms with E-state index in [9.17, 15) is 19.2 Å². The number of aryl methyl sites for hydroxylation is 1. The predicted molar refractivity (Wildman–Crippen MR) is 137 cm³/mol. The van der Waals surface area contributed by atoms with Crippen molar-refractivity contribution in [3.8, 4) is 0 Å². The van der Waals surface area contributed by atoms with Gasteiger partial charge < -0.3 is 10.1 Å². The van der Waals surface area contributed by atoms with E-state index < -0.39 is 30.3 Å². The zero-order chi connectivity index (χ0) is 25.3. The second-order valence-electron chi connectivity index (χ2n) is 8.56. The lowest BCUT2D eigenvalue weighted by Crippen LogP contribution is -2.34. The minimum absolute atomic E-state index is 0.120. The number of benzene rings is 2. The third kappa shape index (κ3) is 5.39. The first kappa shape index (κ1) is 25.7. The fourth-order valence-electron chi connectivity index (χ4n) is 4.50.